The van der Waals surface area contributed by atoms with Crippen LogP contribution < -0.4 is 4.74 Å². The Hall–Kier alpha value is -3.32. The third-order valence-electron chi connectivity index (χ3n) is 19.2. The second kappa shape index (κ2) is 34.5. The van der Waals surface area contributed by atoms with Gasteiger partial charge in [0.2, 0.25) is 5.89 Å². The van der Waals surface area contributed by atoms with Crippen molar-refractivity contribution in [3.63, 3.8) is 0 Å². The SMILES string of the molecule is CC1(Cc2csc(Oc3[c-]cccc3)n2)CCCC1.CCC(c1ncc(-c2ncco2)c([S-])n1)C1(C)CCCCC1.CCC1(Cc2cc[c-]c(C(C)(C)c3coc(C)n3)c2)CCCC1.Cn1ccnc1-c1cc(CC2(C)CCCC2)ccc1[S-].[Ni].[Pd].[Pd].[Rh]. The molecule has 4 fully saturated rings. The van der Waals surface area contributed by atoms with Crippen molar-refractivity contribution in [2.24, 2.45) is 28.7 Å². The molecule has 0 amide bonds. The molecule has 4 saturated carbocycles. The van der Waals surface area contributed by atoms with Crippen molar-refractivity contribution in [2.45, 2.75) is 218 Å². The summed E-state index contributed by atoms with van der Waals surface area (Å²) in [6.45, 7) is 18.0. The summed E-state index contributed by atoms with van der Waals surface area (Å²) in [4.78, 5) is 27.8. The van der Waals surface area contributed by atoms with Gasteiger partial charge < -0.3 is 43.4 Å². The maximum Gasteiger partial charge on any atom is 0.276 e. The van der Waals surface area contributed by atoms with E-state index in [4.69, 9.17) is 38.8 Å². The molecule has 1 radical (unpaired) electrons. The van der Waals surface area contributed by atoms with E-state index in [2.05, 4.69) is 132 Å². The molecule has 0 saturated heterocycles. The first-order valence-corrected chi connectivity index (χ1v) is 32.8. The standard InChI is InChI=1S/C21H28NO.C17H23N3OS.C17H22N2S.C16H18NOS.Ni.2Pd.Rh/c1-5-21(11-6-7-12-21)14-17-9-8-10-18(13-17)20(3,4)19-15-23-16(2)22-19;1-3-13(17(2)7-5-4-6-8-17)14-19-11-12(16(22)20-14)15-18-9-10-21-15;1-17(7-3-4-8-17)12-13-5-6-15(20)14(11-13)16-18-9-10-19(16)2;1-16(9-5-6-10-16)11-13-12-19-15(17-13)18-14-7-3-2-4-8-14;;;;/h8-9,13,15H,5-7,11-12,14H2,1-4H3;9-11,13H,3-8H2,1-2H3,(H,19,20,22);5-6,9-11,20H,3-4,7-8,12H2,1-2H3;2-4,7,12H,5-6,9-11H2,1H3;;;;/q-1;;;-1;;;;/p-2. The number of nitrogens with zero attached hydrogens (tertiary/aromatic N) is 7. The topological polar surface area (TPSA) is 118 Å². The Morgan fingerprint density at radius 2 is 1.40 bits per heavy atom. The average Bonchev–Trinajstić information content (AvgIpc) is 3.86. The van der Waals surface area contributed by atoms with Gasteiger partial charge in [-0.25, -0.2) is 24.9 Å². The predicted molar refractivity (Wildman–Crippen MR) is 343 cm³/mol. The number of thiazole rings is 1. The van der Waals surface area contributed by atoms with E-state index in [1.54, 1.807) is 30.0 Å². The van der Waals surface area contributed by atoms with Crippen molar-refractivity contribution in [1.29, 1.82) is 0 Å². The molecule has 5 heterocycles. The molecule has 3 aromatic carbocycles. The van der Waals surface area contributed by atoms with Crippen molar-refractivity contribution >= 4 is 36.6 Å². The molecule has 88 heavy (non-hydrogen) atoms. The molecule has 5 aromatic heterocycles. The van der Waals surface area contributed by atoms with E-state index >= 15 is 0 Å². The number of oxazole rings is 2. The largest absolute Gasteiger partial charge is 0.779 e. The van der Waals surface area contributed by atoms with Crippen LogP contribution in [0.1, 0.15) is 216 Å². The summed E-state index contributed by atoms with van der Waals surface area (Å²) in [7, 11) is 2.02. The van der Waals surface area contributed by atoms with E-state index in [-0.39, 0.29) is 82.2 Å². The van der Waals surface area contributed by atoms with E-state index in [0.717, 1.165) is 63.9 Å². The number of para-hydroxylation sites is 1. The fourth-order valence-electron chi connectivity index (χ4n) is 13.9. The smallest absolute Gasteiger partial charge is 0.276 e. The Balaban J connectivity index is 0.000000211. The van der Waals surface area contributed by atoms with Crippen LogP contribution >= 0.6 is 11.3 Å². The van der Waals surface area contributed by atoms with Crippen LogP contribution in [0.25, 0.3) is 22.8 Å². The number of rotatable bonds is 16. The minimum absolute atomic E-state index is 0. The number of hydrogen-bond donors (Lipinski definition) is 0. The van der Waals surface area contributed by atoms with E-state index in [1.807, 2.05) is 55.2 Å². The molecule has 487 valence electrons. The van der Waals surface area contributed by atoms with Gasteiger partial charge in [-0.15, -0.1) is 12.1 Å². The molecule has 1 unspecified atom stereocenters. The zero-order chi connectivity index (χ0) is 59.4. The van der Waals surface area contributed by atoms with Gasteiger partial charge in [-0.1, -0.05) is 141 Å². The maximum atomic E-state index is 5.71. The summed E-state index contributed by atoms with van der Waals surface area (Å²) >= 11 is 12.5. The summed E-state index contributed by atoms with van der Waals surface area (Å²) in [5, 5.41) is 3.38. The summed E-state index contributed by atoms with van der Waals surface area (Å²) < 4.78 is 18.5. The minimum atomic E-state index is -0.178. The van der Waals surface area contributed by atoms with Crippen LogP contribution in [0.15, 0.2) is 122 Å². The monoisotopic (exact) mass is 1560 g/mol. The molecule has 1 atom stereocenters. The molecule has 12 rings (SSSR count). The molecule has 0 N–H and O–H groups in total. The Kier molecular flexibility index (Phi) is 29.6. The van der Waals surface area contributed by atoms with E-state index in [1.165, 1.54) is 151 Å². The maximum absolute atomic E-state index is 5.71. The van der Waals surface area contributed by atoms with Crippen molar-refractivity contribution in [3.05, 3.63) is 155 Å². The second-order valence-corrected chi connectivity index (χ2v) is 27.8. The van der Waals surface area contributed by atoms with Gasteiger partial charge in [0, 0.05) is 132 Å². The van der Waals surface area contributed by atoms with Crippen LogP contribution in [0, 0.1) is 40.7 Å². The Morgan fingerprint density at radius 1 is 0.727 bits per heavy atom. The fraction of sp³-hybridized carbons (Fsp3) is 0.521. The van der Waals surface area contributed by atoms with Crippen LogP contribution in [-0.4, -0.2) is 34.5 Å². The van der Waals surface area contributed by atoms with Crippen LogP contribution in [0.2, 0.25) is 0 Å². The fourth-order valence-corrected chi connectivity index (χ4v) is 15.0. The quantitative estimate of drug-likeness (QED) is 0.0398. The van der Waals surface area contributed by atoms with Crippen LogP contribution in [0.4, 0.5) is 0 Å². The van der Waals surface area contributed by atoms with E-state index in [9.17, 15) is 0 Å². The zero-order valence-electron chi connectivity index (χ0n) is 52.8. The van der Waals surface area contributed by atoms with Crippen molar-refractivity contribution < 1.29 is 90.4 Å². The summed E-state index contributed by atoms with van der Waals surface area (Å²) in [5.74, 6) is 4.16. The summed E-state index contributed by atoms with van der Waals surface area (Å²) in [6.07, 6.45) is 39.1. The third-order valence-corrected chi connectivity index (χ3v) is 20.6. The predicted octanol–water partition coefficient (Wildman–Crippen LogP) is 19.1. The minimum Gasteiger partial charge on any atom is -0.779 e. The molecular formula is C71H89N7NiO3Pd2RhS3-4. The molecule has 0 bridgehead atoms. The van der Waals surface area contributed by atoms with Crippen molar-refractivity contribution in [1.82, 2.24) is 34.5 Å². The molecule has 0 spiro atoms. The second-order valence-electron chi connectivity index (χ2n) is 26.2. The number of hydrogen-bond acceptors (Lipinski definition) is 12. The molecule has 10 nitrogen and oxygen atoms in total. The number of aromatic nitrogens is 7. The van der Waals surface area contributed by atoms with E-state index in [0.29, 0.717) is 44.1 Å². The zero-order valence-corrected chi connectivity index (χ0v) is 61.0. The van der Waals surface area contributed by atoms with Crippen molar-refractivity contribution in [3.8, 4) is 33.8 Å². The molecule has 17 heteroatoms. The average molecular weight is 1560 g/mol. The Bertz CT molecular complexity index is 3330. The molecule has 4 aliphatic rings. The van der Waals surface area contributed by atoms with Crippen molar-refractivity contribution in [2.75, 3.05) is 0 Å². The molecular weight excluding hydrogens is 1470 g/mol. The van der Waals surface area contributed by atoms with Gasteiger partial charge in [0.1, 0.15) is 24.2 Å². The summed E-state index contributed by atoms with van der Waals surface area (Å²) in [5.41, 5.74) is 9.53. The first kappa shape index (κ1) is 75.4. The van der Waals surface area contributed by atoms with Crippen LogP contribution in [0.5, 0.6) is 10.9 Å². The first-order valence-electron chi connectivity index (χ1n) is 31.1. The van der Waals surface area contributed by atoms with Crippen LogP contribution in [-0.2, 0) is 134 Å². The summed E-state index contributed by atoms with van der Waals surface area (Å²) in [6, 6.07) is 27.3. The number of benzene rings is 3. The number of imidazole rings is 1. The number of aryl methyl sites for hydroxylation is 2. The van der Waals surface area contributed by atoms with Gasteiger partial charge in [0.25, 0.3) is 5.19 Å². The molecule has 4 aliphatic carbocycles. The van der Waals surface area contributed by atoms with Crippen LogP contribution in [0.3, 0.4) is 0 Å². The Morgan fingerprint density at radius 3 is 1.99 bits per heavy atom. The van der Waals surface area contributed by atoms with Gasteiger partial charge >= 0.3 is 0 Å². The third kappa shape index (κ3) is 19.9. The first-order chi connectivity index (χ1) is 40.4. The molecule has 0 aliphatic heterocycles. The van der Waals surface area contributed by atoms with Gasteiger partial charge in [0.15, 0.2) is 5.89 Å². The van der Waals surface area contributed by atoms with Gasteiger partial charge in [0.05, 0.1) is 23.1 Å². The van der Waals surface area contributed by atoms with Gasteiger partial charge in [-0.3, -0.25) is 4.98 Å². The molecule has 8 aromatic rings. The normalized spacial score (nSPS) is 17.1. The number of ether oxygens (including phenoxy) is 1. The van der Waals surface area contributed by atoms with Gasteiger partial charge in [-0.2, -0.15) is 58.5 Å². The Labute approximate surface area is 591 Å². The van der Waals surface area contributed by atoms with Gasteiger partial charge in [-0.05, 0) is 116 Å². The van der Waals surface area contributed by atoms with E-state index < -0.39 is 0 Å².